The van der Waals surface area contributed by atoms with Gasteiger partial charge >= 0.3 is 5.97 Å². The molecule has 2 aliphatic rings. The van der Waals surface area contributed by atoms with Crippen molar-refractivity contribution < 1.29 is 23.8 Å². The van der Waals surface area contributed by atoms with Crippen molar-refractivity contribution in [2.24, 2.45) is 4.99 Å². The summed E-state index contributed by atoms with van der Waals surface area (Å²) in [4.78, 5) is 27.6. The monoisotopic (exact) mass is 581 g/mol. The Morgan fingerprint density at radius 3 is 2.71 bits per heavy atom. The third-order valence-electron chi connectivity index (χ3n) is 7.36. The van der Waals surface area contributed by atoms with Crippen molar-refractivity contribution in [1.82, 2.24) is 19.4 Å². The second-order valence-electron chi connectivity index (χ2n) is 10.3. The van der Waals surface area contributed by atoms with E-state index >= 15 is 0 Å². The molecule has 11 heteroatoms. The summed E-state index contributed by atoms with van der Waals surface area (Å²) >= 11 is 5.87. The topological polar surface area (TPSA) is 102 Å². The minimum atomic E-state index is -1.13. The van der Waals surface area contributed by atoms with E-state index in [-0.39, 0.29) is 23.7 Å². The van der Waals surface area contributed by atoms with E-state index in [9.17, 15) is 14.3 Å². The van der Waals surface area contributed by atoms with Gasteiger partial charge < -0.3 is 19.1 Å². The molecule has 2 fully saturated rings. The van der Waals surface area contributed by atoms with E-state index in [1.807, 2.05) is 29.7 Å². The molecule has 0 amide bonds. The van der Waals surface area contributed by atoms with Crippen LogP contribution >= 0.6 is 11.6 Å². The number of benzene rings is 1. The summed E-state index contributed by atoms with van der Waals surface area (Å²) in [6, 6.07) is 10.2. The Labute approximate surface area is 243 Å². The number of imidazole rings is 1. The number of likely N-dealkylation sites (tertiary alicyclic amines) is 1. The molecule has 0 unspecified atom stereocenters. The fourth-order valence-corrected chi connectivity index (χ4v) is 5.20. The van der Waals surface area contributed by atoms with Crippen molar-refractivity contribution in [1.29, 1.82) is 0 Å². The van der Waals surface area contributed by atoms with E-state index in [1.54, 1.807) is 12.1 Å². The summed E-state index contributed by atoms with van der Waals surface area (Å²) in [5, 5.41) is 9.82. The van der Waals surface area contributed by atoms with E-state index in [4.69, 9.17) is 26.1 Å². The molecule has 216 valence electrons. The average molecular weight is 582 g/mol. The van der Waals surface area contributed by atoms with E-state index in [2.05, 4.69) is 21.5 Å². The molecule has 2 aliphatic heterocycles. The van der Waals surface area contributed by atoms with Crippen molar-refractivity contribution in [2.75, 3.05) is 19.7 Å². The third-order valence-corrected chi connectivity index (χ3v) is 7.60. The number of ether oxygens (including phenoxy) is 2. The Morgan fingerprint density at radius 1 is 1.27 bits per heavy atom. The number of carboxylic acids is 1. The van der Waals surface area contributed by atoms with Crippen LogP contribution in [0.3, 0.4) is 0 Å². The predicted molar refractivity (Wildman–Crippen MR) is 154 cm³/mol. The second-order valence-corrected chi connectivity index (χ2v) is 10.7. The number of hydrogen-bond donors (Lipinski definition) is 1. The highest BCUT2D eigenvalue weighted by Crippen LogP contribution is 2.27. The second kappa shape index (κ2) is 12.9. The Morgan fingerprint density at radius 2 is 2.05 bits per heavy atom. The number of carbonyl (C=O) groups is 1. The fraction of sp³-hybridized carbons (Fsp3) is 0.400. The van der Waals surface area contributed by atoms with E-state index < -0.39 is 5.97 Å². The first kappa shape index (κ1) is 28.9. The number of aryl methyl sites for hydroxylation is 1. The number of aliphatic imine (C=N–C) groups is 1. The molecule has 0 radical (unpaired) electrons. The van der Waals surface area contributed by atoms with Crippen molar-refractivity contribution >= 4 is 29.1 Å². The van der Waals surface area contributed by atoms with E-state index in [0.717, 1.165) is 50.5 Å². The number of piperidine rings is 1. The van der Waals surface area contributed by atoms with Gasteiger partial charge in [0.05, 0.1) is 24.9 Å². The Kier molecular flexibility index (Phi) is 9.12. The van der Waals surface area contributed by atoms with Crippen molar-refractivity contribution in [3.8, 4) is 5.88 Å². The summed E-state index contributed by atoms with van der Waals surface area (Å²) in [6.45, 7) is 8.93. The number of aliphatic carboxylic acids is 1. The standard InChI is InChI=1S/C30H33ClFN5O4/c1-3-26(30(38)39)35-29-19(2)33-27(37(29)17-24-11-14-40-24)18-36-12-9-23(10-13-36)41-28-6-4-5-22(34-28)15-20-7-8-21(31)16-25(20)32/h3-8,16,23-24H,1,9-15,17-18H2,2H3,(H,38,39)/b35-26+/t24-/m0/s1. The molecule has 0 spiro atoms. The zero-order valence-electron chi connectivity index (χ0n) is 22.9. The maximum atomic E-state index is 14.2. The van der Waals surface area contributed by atoms with Crippen LogP contribution in [-0.2, 0) is 29.0 Å². The molecule has 1 N–H and O–H groups in total. The third kappa shape index (κ3) is 7.19. The van der Waals surface area contributed by atoms with Crippen LogP contribution in [0.25, 0.3) is 0 Å². The first-order chi connectivity index (χ1) is 19.8. The molecule has 2 aromatic heterocycles. The molecule has 1 atom stereocenters. The van der Waals surface area contributed by atoms with E-state index in [0.29, 0.717) is 47.5 Å². The molecule has 4 heterocycles. The summed E-state index contributed by atoms with van der Waals surface area (Å²) in [5.74, 6) is 0.397. The molecule has 0 saturated carbocycles. The summed E-state index contributed by atoms with van der Waals surface area (Å²) in [6.07, 6.45) is 4.23. The van der Waals surface area contributed by atoms with E-state index in [1.165, 1.54) is 12.1 Å². The van der Waals surface area contributed by atoms with Gasteiger partial charge in [-0.25, -0.2) is 24.1 Å². The maximum Gasteiger partial charge on any atom is 0.354 e. The number of pyridine rings is 1. The molecule has 5 rings (SSSR count). The quantitative estimate of drug-likeness (QED) is 0.313. The lowest BCUT2D eigenvalue weighted by Crippen LogP contribution is -2.39. The van der Waals surface area contributed by atoms with Gasteiger partial charge in [-0.15, -0.1) is 0 Å². The van der Waals surface area contributed by atoms with Gasteiger partial charge in [0, 0.05) is 42.9 Å². The number of halogens is 2. The van der Waals surface area contributed by atoms with Crippen molar-refractivity contribution in [2.45, 2.75) is 57.9 Å². The Bertz CT molecular complexity index is 1450. The van der Waals surface area contributed by atoms with Crippen LogP contribution in [0.15, 0.2) is 54.0 Å². The number of nitrogens with zero attached hydrogens (tertiary/aromatic N) is 5. The minimum absolute atomic E-state index is 0.0111. The molecule has 3 aromatic rings. The molecule has 0 bridgehead atoms. The SMILES string of the molecule is C=C/C(=N\c1c(C)nc(CN2CCC(Oc3cccc(Cc4ccc(Cl)cc4F)n3)CC2)n1C[C@@H]1CCO1)C(=O)O. The molecule has 2 saturated heterocycles. The smallest absolute Gasteiger partial charge is 0.354 e. The fourth-order valence-electron chi connectivity index (χ4n) is 5.04. The van der Waals surface area contributed by atoms with Gasteiger partial charge in [0.1, 0.15) is 23.5 Å². The van der Waals surface area contributed by atoms with Crippen molar-refractivity contribution in [3.05, 3.63) is 82.7 Å². The lowest BCUT2D eigenvalue weighted by Gasteiger charge is -2.32. The van der Waals surface area contributed by atoms with Crippen LogP contribution in [0.5, 0.6) is 5.88 Å². The Balaban J connectivity index is 1.22. The number of rotatable bonds is 11. The van der Waals surface area contributed by atoms with Gasteiger partial charge in [0.25, 0.3) is 0 Å². The maximum absolute atomic E-state index is 14.2. The zero-order chi connectivity index (χ0) is 28.9. The van der Waals surface area contributed by atoms with Gasteiger partial charge in [0.2, 0.25) is 5.88 Å². The number of aromatic nitrogens is 3. The van der Waals surface area contributed by atoms with Crippen LogP contribution in [0.2, 0.25) is 5.02 Å². The van der Waals surface area contributed by atoms with Crippen LogP contribution in [0.1, 0.15) is 42.0 Å². The van der Waals surface area contributed by atoms with Crippen LogP contribution in [0, 0.1) is 12.7 Å². The lowest BCUT2D eigenvalue weighted by atomic mass is 10.1. The minimum Gasteiger partial charge on any atom is -0.477 e. The van der Waals surface area contributed by atoms with Gasteiger partial charge in [-0.05, 0) is 56.0 Å². The number of carboxylic acid groups (broad SMARTS) is 1. The molecular formula is C30H33ClFN5O4. The molecular weight excluding hydrogens is 549 g/mol. The summed E-state index contributed by atoms with van der Waals surface area (Å²) in [7, 11) is 0. The highest BCUT2D eigenvalue weighted by molar-refractivity contribution is 6.40. The van der Waals surface area contributed by atoms with Crippen LogP contribution < -0.4 is 4.74 Å². The van der Waals surface area contributed by atoms with Gasteiger partial charge in [-0.1, -0.05) is 30.3 Å². The van der Waals surface area contributed by atoms with Crippen LogP contribution in [-0.4, -0.2) is 68.1 Å². The highest BCUT2D eigenvalue weighted by Gasteiger charge is 2.27. The van der Waals surface area contributed by atoms with Crippen LogP contribution in [0.4, 0.5) is 10.2 Å². The summed E-state index contributed by atoms with van der Waals surface area (Å²) in [5.41, 5.74) is 1.80. The average Bonchev–Trinajstić information content (AvgIpc) is 3.20. The molecule has 0 aliphatic carbocycles. The Hall–Kier alpha value is -3.60. The van der Waals surface area contributed by atoms with Gasteiger partial charge in [-0.3, -0.25) is 4.90 Å². The first-order valence-corrected chi connectivity index (χ1v) is 14.1. The van der Waals surface area contributed by atoms with Gasteiger partial charge in [-0.2, -0.15) is 0 Å². The zero-order valence-corrected chi connectivity index (χ0v) is 23.7. The molecule has 1 aromatic carbocycles. The predicted octanol–water partition coefficient (Wildman–Crippen LogP) is 5.15. The number of hydrogen-bond acceptors (Lipinski definition) is 7. The van der Waals surface area contributed by atoms with Gasteiger partial charge in [0.15, 0.2) is 5.82 Å². The molecule has 41 heavy (non-hydrogen) atoms. The van der Waals surface area contributed by atoms with Crippen molar-refractivity contribution in [3.63, 3.8) is 0 Å². The normalized spacial score (nSPS) is 18.2. The first-order valence-electron chi connectivity index (χ1n) is 13.7. The summed E-state index contributed by atoms with van der Waals surface area (Å²) < 4.78 is 28.1. The largest absolute Gasteiger partial charge is 0.477 e. The molecule has 9 nitrogen and oxygen atoms in total. The lowest BCUT2D eigenvalue weighted by molar-refractivity contribution is -0.129. The highest BCUT2D eigenvalue weighted by atomic mass is 35.5.